The van der Waals surface area contributed by atoms with Gasteiger partial charge in [0.2, 0.25) is 5.91 Å². The van der Waals surface area contributed by atoms with Crippen molar-refractivity contribution in [3.63, 3.8) is 0 Å². The third-order valence-electron chi connectivity index (χ3n) is 5.73. The van der Waals surface area contributed by atoms with E-state index in [9.17, 15) is 14.4 Å². The van der Waals surface area contributed by atoms with Gasteiger partial charge in [0.1, 0.15) is 6.54 Å². The lowest BCUT2D eigenvalue weighted by molar-refractivity contribution is -0.135. The molecular weight excluding hydrogens is 366 g/mol. The van der Waals surface area contributed by atoms with Gasteiger partial charge in [-0.2, -0.15) is 0 Å². The van der Waals surface area contributed by atoms with Crippen LogP contribution in [0.25, 0.3) is 16.6 Å². The van der Waals surface area contributed by atoms with E-state index in [1.807, 2.05) is 30.9 Å². The van der Waals surface area contributed by atoms with E-state index < -0.39 is 5.69 Å². The summed E-state index contributed by atoms with van der Waals surface area (Å²) in [5.74, 6) is -0.0844. The Kier molecular flexibility index (Phi) is 5.09. The van der Waals surface area contributed by atoms with Crippen LogP contribution in [0.2, 0.25) is 0 Å². The highest BCUT2D eigenvalue weighted by Gasteiger charge is 2.25. The van der Waals surface area contributed by atoms with Gasteiger partial charge in [-0.3, -0.25) is 14.2 Å². The fraction of sp³-hybridized carbons (Fsp3) is 0.348. The summed E-state index contributed by atoms with van der Waals surface area (Å²) < 4.78 is 2.60. The standard InChI is InChI=1S/C23H25N3O3/c1-16-8-7-10-18(14-16)26-22(28)19-11-3-4-12-20(19)25(23(26)29)15-21(27)24-13-6-5-9-17(24)2/h3-4,7-8,10-12,14,17H,5-6,9,13,15H2,1-2H3/t17-/m1/s1. The number of para-hydroxylation sites is 1. The van der Waals surface area contributed by atoms with Crippen molar-refractivity contribution >= 4 is 16.8 Å². The number of rotatable bonds is 3. The quantitative estimate of drug-likeness (QED) is 0.690. The molecule has 1 atom stereocenters. The Morgan fingerprint density at radius 1 is 1.07 bits per heavy atom. The lowest BCUT2D eigenvalue weighted by Gasteiger charge is -2.33. The van der Waals surface area contributed by atoms with Crippen LogP contribution in [-0.4, -0.2) is 32.5 Å². The minimum absolute atomic E-state index is 0.0736. The number of benzene rings is 2. The lowest BCUT2D eigenvalue weighted by Crippen LogP contribution is -2.46. The van der Waals surface area contributed by atoms with Crippen molar-refractivity contribution in [3.8, 4) is 5.69 Å². The smallest absolute Gasteiger partial charge is 0.336 e. The minimum atomic E-state index is -0.489. The third kappa shape index (κ3) is 3.50. The third-order valence-corrected chi connectivity index (χ3v) is 5.73. The molecule has 6 heteroatoms. The minimum Gasteiger partial charge on any atom is -0.338 e. The predicted molar refractivity (Wildman–Crippen MR) is 114 cm³/mol. The maximum Gasteiger partial charge on any atom is 0.336 e. The summed E-state index contributed by atoms with van der Waals surface area (Å²) >= 11 is 0. The number of carbonyl (C=O) groups is 1. The summed E-state index contributed by atoms with van der Waals surface area (Å²) in [5, 5.41) is 0.424. The first-order valence-corrected chi connectivity index (χ1v) is 10.1. The number of hydrogen-bond donors (Lipinski definition) is 0. The first-order valence-electron chi connectivity index (χ1n) is 10.1. The molecule has 0 bridgehead atoms. The fourth-order valence-electron chi connectivity index (χ4n) is 4.16. The maximum atomic E-state index is 13.4. The van der Waals surface area contributed by atoms with Crippen molar-refractivity contribution in [2.75, 3.05) is 6.54 Å². The molecule has 1 fully saturated rings. The molecule has 1 amide bonds. The second-order valence-corrected chi connectivity index (χ2v) is 7.80. The van der Waals surface area contributed by atoms with Gasteiger partial charge in [-0.15, -0.1) is 0 Å². The van der Waals surface area contributed by atoms with Crippen molar-refractivity contribution in [1.82, 2.24) is 14.0 Å². The number of piperidine rings is 1. The van der Waals surface area contributed by atoms with Crippen LogP contribution < -0.4 is 11.2 Å². The number of likely N-dealkylation sites (tertiary alicyclic amines) is 1. The van der Waals surface area contributed by atoms with Crippen LogP contribution in [0.1, 0.15) is 31.7 Å². The average Bonchev–Trinajstić information content (AvgIpc) is 2.71. The summed E-state index contributed by atoms with van der Waals surface area (Å²) in [5.41, 5.74) is 1.10. The molecule has 0 unspecified atom stereocenters. The van der Waals surface area contributed by atoms with Crippen molar-refractivity contribution in [3.05, 3.63) is 74.9 Å². The van der Waals surface area contributed by atoms with Crippen LogP contribution in [0.5, 0.6) is 0 Å². The van der Waals surface area contributed by atoms with Gasteiger partial charge < -0.3 is 4.90 Å². The molecule has 0 aliphatic carbocycles. The lowest BCUT2D eigenvalue weighted by atomic mass is 10.0. The Balaban J connectivity index is 1.88. The maximum absolute atomic E-state index is 13.4. The number of carbonyl (C=O) groups excluding carboxylic acids is 1. The van der Waals surface area contributed by atoms with E-state index in [0.717, 1.165) is 24.8 Å². The van der Waals surface area contributed by atoms with E-state index in [-0.39, 0.29) is 24.1 Å². The first-order chi connectivity index (χ1) is 14.0. The molecule has 150 valence electrons. The van der Waals surface area contributed by atoms with E-state index in [1.54, 1.807) is 36.4 Å². The van der Waals surface area contributed by atoms with Gasteiger partial charge in [-0.1, -0.05) is 24.3 Å². The van der Waals surface area contributed by atoms with E-state index in [0.29, 0.717) is 23.1 Å². The summed E-state index contributed by atoms with van der Waals surface area (Å²) in [6.45, 7) is 4.60. The van der Waals surface area contributed by atoms with Gasteiger partial charge in [0.05, 0.1) is 16.6 Å². The topological polar surface area (TPSA) is 64.3 Å². The zero-order valence-electron chi connectivity index (χ0n) is 16.8. The van der Waals surface area contributed by atoms with E-state index >= 15 is 0 Å². The van der Waals surface area contributed by atoms with Crippen molar-refractivity contribution in [2.45, 2.75) is 45.7 Å². The number of aryl methyl sites for hydroxylation is 1. The molecule has 2 heterocycles. The average molecular weight is 391 g/mol. The van der Waals surface area contributed by atoms with Crippen molar-refractivity contribution in [2.24, 2.45) is 0 Å². The number of amides is 1. The van der Waals surface area contributed by atoms with Crippen LogP contribution >= 0.6 is 0 Å². The van der Waals surface area contributed by atoms with Crippen LogP contribution in [-0.2, 0) is 11.3 Å². The van der Waals surface area contributed by atoms with Gasteiger partial charge in [-0.05, 0) is 62.9 Å². The molecule has 0 spiro atoms. The summed E-state index contributed by atoms with van der Waals surface area (Å²) in [6, 6.07) is 14.4. The van der Waals surface area contributed by atoms with Gasteiger partial charge in [-0.25, -0.2) is 9.36 Å². The monoisotopic (exact) mass is 391 g/mol. The predicted octanol–water partition coefficient (Wildman–Crippen LogP) is 2.86. The highest BCUT2D eigenvalue weighted by Crippen LogP contribution is 2.18. The van der Waals surface area contributed by atoms with Crippen molar-refractivity contribution < 1.29 is 4.79 Å². The molecule has 3 aromatic rings. The molecule has 1 aliphatic rings. The Morgan fingerprint density at radius 3 is 2.62 bits per heavy atom. The van der Waals surface area contributed by atoms with Gasteiger partial charge in [0, 0.05) is 12.6 Å². The van der Waals surface area contributed by atoms with E-state index in [2.05, 4.69) is 0 Å². The second-order valence-electron chi connectivity index (χ2n) is 7.80. The highest BCUT2D eigenvalue weighted by molar-refractivity contribution is 5.82. The van der Waals surface area contributed by atoms with Gasteiger partial charge in [0.15, 0.2) is 0 Å². The normalized spacial score (nSPS) is 16.9. The zero-order chi connectivity index (χ0) is 20.5. The number of nitrogens with zero attached hydrogens (tertiary/aromatic N) is 3. The summed E-state index contributed by atoms with van der Waals surface area (Å²) in [6.07, 6.45) is 3.07. The van der Waals surface area contributed by atoms with Gasteiger partial charge in [0.25, 0.3) is 5.56 Å². The van der Waals surface area contributed by atoms with E-state index in [1.165, 1.54) is 9.13 Å². The molecule has 0 saturated carbocycles. The SMILES string of the molecule is Cc1cccc(-n2c(=O)c3ccccc3n(CC(=O)N3CCCC[C@H]3C)c2=O)c1. The molecular formula is C23H25N3O3. The van der Waals surface area contributed by atoms with Crippen molar-refractivity contribution in [1.29, 1.82) is 0 Å². The number of hydrogen-bond acceptors (Lipinski definition) is 3. The molecule has 1 aromatic heterocycles. The summed E-state index contributed by atoms with van der Waals surface area (Å²) in [4.78, 5) is 41.4. The molecule has 6 nitrogen and oxygen atoms in total. The zero-order valence-corrected chi connectivity index (χ0v) is 16.8. The highest BCUT2D eigenvalue weighted by atomic mass is 16.2. The van der Waals surface area contributed by atoms with Crippen LogP contribution in [0.3, 0.4) is 0 Å². The van der Waals surface area contributed by atoms with Crippen LogP contribution in [0, 0.1) is 6.92 Å². The molecule has 1 aliphatic heterocycles. The molecule has 4 rings (SSSR count). The Bertz CT molecular complexity index is 1190. The van der Waals surface area contributed by atoms with Crippen LogP contribution in [0.4, 0.5) is 0 Å². The number of fused-ring (bicyclic) bond motifs is 1. The Labute approximate surface area is 169 Å². The molecule has 2 aromatic carbocycles. The number of aromatic nitrogens is 2. The Morgan fingerprint density at radius 2 is 1.86 bits per heavy atom. The van der Waals surface area contributed by atoms with Crippen LogP contribution in [0.15, 0.2) is 58.1 Å². The molecule has 29 heavy (non-hydrogen) atoms. The van der Waals surface area contributed by atoms with Gasteiger partial charge >= 0.3 is 5.69 Å². The molecule has 0 radical (unpaired) electrons. The first kappa shape index (κ1) is 19.2. The summed E-state index contributed by atoms with van der Waals surface area (Å²) in [7, 11) is 0. The Hall–Kier alpha value is -3.15. The largest absolute Gasteiger partial charge is 0.338 e. The molecule has 1 saturated heterocycles. The second kappa shape index (κ2) is 7.70. The fourth-order valence-corrected chi connectivity index (χ4v) is 4.16. The molecule has 0 N–H and O–H groups in total. The van der Waals surface area contributed by atoms with E-state index in [4.69, 9.17) is 0 Å².